The molecule has 0 saturated carbocycles. The molecule has 0 bridgehead atoms. The van der Waals surface area contributed by atoms with E-state index in [9.17, 15) is 4.79 Å². The molecule has 0 aliphatic rings. The quantitative estimate of drug-likeness (QED) is 0.0293. The normalized spacial score (nSPS) is 11.6. The summed E-state index contributed by atoms with van der Waals surface area (Å²) in [7, 11) is 0. The molecule has 4 nitrogen and oxygen atoms in total. The molecule has 0 aliphatic heterocycles. The van der Waals surface area contributed by atoms with Crippen LogP contribution in [0.4, 0.5) is 0 Å². The Hall–Kier alpha value is -3.27. The number of benzene rings is 4. The van der Waals surface area contributed by atoms with Gasteiger partial charge < -0.3 is 14.2 Å². The van der Waals surface area contributed by atoms with Gasteiger partial charge in [0.25, 0.3) is 0 Å². The summed E-state index contributed by atoms with van der Waals surface area (Å²) in [6.45, 7) is 11.0. The summed E-state index contributed by atoms with van der Waals surface area (Å²) in [6.07, 6.45) is 31.2. The maximum absolute atomic E-state index is 11.8. The third-order valence-corrected chi connectivity index (χ3v) is 11.2. The fourth-order valence-electron chi connectivity index (χ4n) is 7.92. The van der Waals surface area contributed by atoms with Crippen molar-refractivity contribution >= 4 is 38.6 Å². The van der Waals surface area contributed by atoms with Crippen molar-refractivity contribution in [1.29, 1.82) is 0 Å². The lowest BCUT2D eigenvalue weighted by molar-refractivity contribution is 0.112. The molecule has 0 N–H and O–H groups in total. The van der Waals surface area contributed by atoms with Gasteiger partial charge >= 0.3 is 0 Å². The molecule has 0 spiro atoms. The molecule has 4 aromatic carbocycles. The summed E-state index contributed by atoms with van der Waals surface area (Å²) < 4.78 is 20.4. The van der Waals surface area contributed by atoms with Crippen molar-refractivity contribution < 1.29 is 19.0 Å². The van der Waals surface area contributed by atoms with Crippen LogP contribution in [0.25, 0.3) is 32.3 Å². The first kappa shape index (κ1) is 43.5. The van der Waals surface area contributed by atoms with E-state index in [0.717, 1.165) is 75.1 Å². The van der Waals surface area contributed by atoms with E-state index in [1.165, 1.54) is 140 Å². The molecule has 0 saturated heterocycles. The highest BCUT2D eigenvalue weighted by atomic mass is 16.5. The third kappa shape index (κ3) is 13.8. The molecule has 0 fully saturated rings. The molecule has 54 heavy (non-hydrogen) atoms. The minimum absolute atomic E-state index is 0.651. The standard InChI is InChI=1S/C50H74O4/c1-5-8-11-14-17-20-23-26-33-52-47-38-44-40(4)36-46-43(32-31-42-30-29-41(39-51)37-45(42)46)48(44)50(54-35-28-25-22-19-16-13-10-7-3)49(47)53-34-27-24-21-18-15-12-9-6-2/h29-32,36-39H,5-28,33-35H2,1-4H3. The van der Waals surface area contributed by atoms with Crippen molar-refractivity contribution in [2.75, 3.05) is 19.8 Å². The van der Waals surface area contributed by atoms with Crippen LogP contribution in [0.5, 0.6) is 17.2 Å². The van der Waals surface area contributed by atoms with Crippen molar-refractivity contribution in [2.24, 2.45) is 0 Å². The van der Waals surface area contributed by atoms with E-state index in [-0.39, 0.29) is 0 Å². The molecule has 0 aliphatic carbocycles. The molecule has 0 heterocycles. The fourth-order valence-corrected chi connectivity index (χ4v) is 7.92. The third-order valence-electron chi connectivity index (χ3n) is 11.2. The van der Waals surface area contributed by atoms with Gasteiger partial charge in [-0.2, -0.15) is 0 Å². The SMILES string of the molecule is CCCCCCCCCCOc1cc2c(C)cc3c4cc(C=O)ccc4ccc3c2c(OCCCCCCCCCC)c1OCCCCCCCCCC. The van der Waals surface area contributed by atoms with Gasteiger partial charge in [-0.15, -0.1) is 0 Å². The summed E-state index contributed by atoms with van der Waals surface area (Å²) in [5.74, 6) is 2.39. The zero-order valence-corrected chi connectivity index (χ0v) is 34.8. The topological polar surface area (TPSA) is 44.8 Å². The second-order valence-electron chi connectivity index (χ2n) is 15.9. The minimum atomic E-state index is 0.651. The first-order chi connectivity index (χ1) is 26.6. The monoisotopic (exact) mass is 739 g/mol. The molecule has 0 amide bonds. The number of ether oxygens (including phenoxy) is 3. The maximum atomic E-state index is 11.8. The number of carbonyl (C=O) groups is 1. The lowest BCUT2D eigenvalue weighted by Crippen LogP contribution is -2.07. The number of unbranched alkanes of at least 4 members (excludes halogenated alkanes) is 21. The van der Waals surface area contributed by atoms with Gasteiger partial charge in [-0.25, -0.2) is 0 Å². The highest BCUT2D eigenvalue weighted by Gasteiger charge is 2.22. The van der Waals surface area contributed by atoms with E-state index in [0.29, 0.717) is 25.4 Å². The smallest absolute Gasteiger partial charge is 0.204 e. The van der Waals surface area contributed by atoms with Crippen molar-refractivity contribution in [1.82, 2.24) is 0 Å². The van der Waals surface area contributed by atoms with Gasteiger partial charge in [-0.1, -0.05) is 186 Å². The van der Waals surface area contributed by atoms with Gasteiger partial charge in [0.05, 0.1) is 19.8 Å². The maximum Gasteiger partial charge on any atom is 0.204 e. The predicted octanol–water partition coefficient (Wildman–Crippen LogP) is 15.8. The zero-order valence-electron chi connectivity index (χ0n) is 34.8. The van der Waals surface area contributed by atoms with Crippen LogP contribution in [0, 0.1) is 6.92 Å². The fraction of sp³-hybridized carbons (Fsp3) is 0.620. The number of hydrogen-bond acceptors (Lipinski definition) is 4. The van der Waals surface area contributed by atoms with Crippen LogP contribution in [0.3, 0.4) is 0 Å². The average Bonchev–Trinajstić information content (AvgIpc) is 3.19. The molecule has 0 unspecified atom stereocenters. The summed E-state index contributed by atoms with van der Waals surface area (Å²) >= 11 is 0. The van der Waals surface area contributed by atoms with Gasteiger partial charge in [0.15, 0.2) is 11.5 Å². The number of hydrogen-bond donors (Lipinski definition) is 0. The highest BCUT2D eigenvalue weighted by Crippen LogP contribution is 2.48. The van der Waals surface area contributed by atoms with Crippen LogP contribution < -0.4 is 14.2 Å². The lowest BCUT2D eigenvalue weighted by Gasteiger charge is -2.22. The van der Waals surface area contributed by atoms with Crippen LogP contribution in [0.2, 0.25) is 0 Å². The molecule has 4 heteroatoms. The highest BCUT2D eigenvalue weighted by molar-refractivity contribution is 6.21. The molecule has 0 radical (unpaired) electrons. The van der Waals surface area contributed by atoms with Gasteiger partial charge in [0, 0.05) is 10.9 Å². The van der Waals surface area contributed by atoms with Gasteiger partial charge in [0.1, 0.15) is 6.29 Å². The second kappa shape index (κ2) is 25.7. The lowest BCUT2D eigenvalue weighted by atomic mass is 9.92. The average molecular weight is 739 g/mol. The first-order valence-corrected chi connectivity index (χ1v) is 22.4. The Morgan fingerprint density at radius 2 is 0.907 bits per heavy atom. The summed E-state index contributed by atoms with van der Waals surface area (Å²) in [5.41, 5.74) is 1.86. The predicted molar refractivity (Wildman–Crippen MR) is 233 cm³/mol. The van der Waals surface area contributed by atoms with E-state index in [2.05, 4.69) is 58.0 Å². The molecule has 298 valence electrons. The van der Waals surface area contributed by atoms with Crippen LogP contribution in [0.15, 0.2) is 42.5 Å². The summed E-state index contributed by atoms with van der Waals surface area (Å²) in [4.78, 5) is 11.8. The van der Waals surface area contributed by atoms with E-state index in [4.69, 9.17) is 14.2 Å². The second-order valence-corrected chi connectivity index (χ2v) is 15.9. The van der Waals surface area contributed by atoms with Crippen LogP contribution in [-0.4, -0.2) is 26.1 Å². The Morgan fingerprint density at radius 3 is 1.43 bits per heavy atom. The van der Waals surface area contributed by atoms with Crippen molar-refractivity contribution in [3.05, 3.63) is 53.6 Å². The summed E-state index contributed by atoms with van der Waals surface area (Å²) in [6, 6.07) is 14.9. The van der Waals surface area contributed by atoms with Crippen molar-refractivity contribution in [2.45, 2.75) is 182 Å². The molecule has 4 aromatic rings. The van der Waals surface area contributed by atoms with E-state index < -0.39 is 0 Å². The Balaban J connectivity index is 1.64. The van der Waals surface area contributed by atoms with E-state index in [1.54, 1.807) is 0 Å². The van der Waals surface area contributed by atoms with Gasteiger partial charge in [-0.3, -0.25) is 4.79 Å². The molecule has 0 aromatic heterocycles. The number of aldehydes is 1. The largest absolute Gasteiger partial charge is 0.490 e. The molecular weight excluding hydrogens is 665 g/mol. The number of fused-ring (bicyclic) bond motifs is 5. The minimum Gasteiger partial charge on any atom is -0.490 e. The Labute approximate surface area is 329 Å². The molecule has 4 rings (SSSR count). The zero-order chi connectivity index (χ0) is 38.2. The van der Waals surface area contributed by atoms with Crippen LogP contribution >= 0.6 is 0 Å². The van der Waals surface area contributed by atoms with E-state index in [1.807, 2.05) is 12.1 Å². The number of aryl methyl sites for hydroxylation is 1. The van der Waals surface area contributed by atoms with Crippen molar-refractivity contribution in [3.63, 3.8) is 0 Å². The Bertz CT molecular complexity index is 1660. The van der Waals surface area contributed by atoms with Gasteiger partial charge in [0.2, 0.25) is 5.75 Å². The first-order valence-electron chi connectivity index (χ1n) is 22.4. The Kier molecular flexibility index (Phi) is 20.7. The van der Waals surface area contributed by atoms with Crippen LogP contribution in [-0.2, 0) is 0 Å². The summed E-state index contributed by atoms with van der Waals surface area (Å²) in [5, 5.41) is 6.72. The number of rotatable bonds is 31. The van der Waals surface area contributed by atoms with E-state index >= 15 is 0 Å². The van der Waals surface area contributed by atoms with Crippen LogP contribution in [0.1, 0.15) is 191 Å². The number of carbonyl (C=O) groups excluding carboxylic acids is 1. The van der Waals surface area contributed by atoms with Gasteiger partial charge in [-0.05, 0) is 70.8 Å². The Morgan fingerprint density at radius 1 is 0.444 bits per heavy atom. The molecule has 0 atom stereocenters. The van der Waals surface area contributed by atoms with Crippen molar-refractivity contribution in [3.8, 4) is 17.2 Å². The molecular formula is C50H74O4.